The van der Waals surface area contributed by atoms with Crippen molar-refractivity contribution in [3.8, 4) is 0 Å². The molecule has 28 heavy (non-hydrogen) atoms. The molecule has 10 heteroatoms. The van der Waals surface area contributed by atoms with E-state index in [1.165, 1.54) is 6.07 Å². The molecule has 7 nitrogen and oxygen atoms in total. The van der Waals surface area contributed by atoms with Crippen molar-refractivity contribution >= 4 is 49.5 Å². The van der Waals surface area contributed by atoms with Crippen molar-refractivity contribution in [1.29, 1.82) is 0 Å². The summed E-state index contributed by atoms with van der Waals surface area (Å²) in [5.74, 6) is 0.0195. The van der Waals surface area contributed by atoms with Gasteiger partial charge in [-0.3, -0.25) is 14.1 Å². The summed E-state index contributed by atoms with van der Waals surface area (Å²) in [5, 5.41) is 4.11. The molecule has 5 N–H and O–H groups in total. The molecule has 0 unspecified atom stereocenters. The molecule has 4 rings (SSSR count). The van der Waals surface area contributed by atoms with E-state index in [1.54, 1.807) is 36.6 Å². The van der Waals surface area contributed by atoms with E-state index in [0.717, 1.165) is 15.2 Å². The van der Waals surface area contributed by atoms with Gasteiger partial charge in [0.15, 0.2) is 5.82 Å². The highest BCUT2D eigenvalue weighted by molar-refractivity contribution is 8.24. The van der Waals surface area contributed by atoms with Crippen LogP contribution >= 0.6 is 21.9 Å². The van der Waals surface area contributed by atoms with Gasteiger partial charge in [0.25, 0.3) is 0 Å². The molecular weight excluding hydrogens is 401 g/mol. The zero-order chi connectivity index (χ0) is 20.1. The lowest BCUT2D eigenvalue weighted by atomic mass is 9.93. The molecule has 0 aliphatic carbocycles. The Hall–Kier alpha value is -2.27. The number of aryl methyl sites for hydroxylation is 1. The quantitative estimate of drug-likeness (QED) is 0.503. The first-order chi connectivity index (χ1) is 13.2. The summed E-state index contributed by atoms with van der Waals surface area (Å²) in [6.07, 6.45) is 1.69. The van der Waals surface area contributed by atoms with Crippen molar-refractivity contribution < 1.29 is 13.5 Å². The minimum absolute atomic E-state index is 0.0831. The molecule has 148 valence electrons. The van der Waals surface area contributed by atoms with Gasteiger partial charge in [-0.1, -0.05) is 0 Å². The number of fused-ring (bicyclic) bond motifs is 1. The van der Waals surface area contributed by atoms with E-state index in [4.69, 9.17) is 5.73 Å². The maximum atomic E-state index is 14.7. The lowest BCUT2D eigenvalue weighted by Crippen LogP contribution is -2.40. The second-order valence-corrected chi connectivity index (χ2v) is 10.4. The Morgan fingerprint density at radius 2 is 2.11 bits per heavy atom. The van der Waals surface area contributed by atoms with E-state index in [0.29, 0.717) is 11.5 Å². The fourth-order valence-electron chi connectivity index (χ4n) is 3.47. The number of nitrogens with one attached hydrogen (secondary N) is 1. The van der Waals surface area contributed by atoms with Crippen molar-refractivity contribution in [2.45, 2.75) is 19.4 Å². The second kappa shape index (κ2) is 6.66. The number of pyridine rings is 1. The molecule has 1 aliphatic rings. The third kappa shape index (κ3) is 3.55. The van der Waals surface area contributed by atoms with Crippen molar-refractivity contribution in [2.75, 3.05) is 16.8 Å². The van der Waals surface area contributed by atoms with E-state index < -0.39 is 21.9 Å². The van der Waals surface area contributed by atoms with Crippen molar-refractivity contribution in [3.05, 3.63) is 46.9 Å². The average Bonchev–Trinajstić information content (AvgIpc) is 2.95. The molecular formula is C18H20FN5O2S2. The number of hydrogen-bond acceptors (Lipinski definition) is 8. The molecule has 0 bridgehead atoms. The van der Waals surface area contributed by atoms with Crippen LogP contribution < -0.4 is 11.1 Å². The highest BCUT2D eigenvalue weighted by Gasteiger charge is 2.39. The highest BCUT2D eigenvalue weighted by atomic mass is 32.3. The maximum Gasteiger partial charge on any atom is 0.157 e. The number of nitrogens with zero attached hydrogens (tertiary/aromatic N) is 3. The molecule has 1 aromatic carbocycles. The van der Waals surface area contributed by atoms with Crippen LogP contribution in [0.2, 0.25) is 0 Å². The molecule has 2 aromatic heterocycles. The topological polar surface area (TPSA) is 117 Å². The van der Waals surface area contributed by atoms with Crippen LogP contribution in [0, 0.1) is 12.7 Å². The third-order valence-electron chi connectivity index (χ3n) is 4.51. The van der Waals surface area contributed by atoms with Crippen molar-refractivity contribution in [2.24, 2.45) is 10.7 Å². The van der Waals surface area contributed by atoms with Gasteiger partial charge in [0, 0.05) is 17.4 Å². The molecule has 0 fully saturated rings. The molecule has 3 aromatic rings. The minimum Gasteiger partial charge on any atom is -0.386 e. The number of aliphatic imine (C=N–C) groups is 1. The second-order valence-electron chi connectivity index (χ2n) is 7.03. The van der Waals surface area contributed by atoms with E-state index in [2.05, 4.69) is 20.3 Å². The number of hydrogen-bond donors (Lipinski definition) is 4. The van der Waals surface area contributed by atoms with Gasteiger partial charge in [0.1, 0.15) is 22.7 Å². The zero-order valence-corrected chi connectivity index (χ0v) is 16.9. The Bertz CT molecular complexity index is 1100. The van der Waals surface area contributed by atoms with Gasteiger partial charge in [-0.05, 0) is 38.1 Å². The first kappa shape index (κ1) is 19.1. The summed E-state index contributed by atoms with van der Waals surface area (Å²) < 4.78 is 36.0. The van der Waals surface area contributed by atoms with E-state index in [-0.39, 0.29) is 22.9 Å². The summed E-state index contributed by atoms with van der Waals surface area (Å²) in [6.45, 7) is 3.58. The Morgan fingerprint density at radius 3 is 2.86 bits per heavy atom. The fraction of sp³-hybridized carbons (Fsp3) is 0.278. The van der Waals surface area contributed by atoms with Crippen LogP contribution in [-0.2, 0) is 5.54 Å². The van der Waals surface area contributed by atoms with Crippen LogP contribution in [0.1, 0.15) is 17.5 Å². The summed E-state index contributed by atoms with van der Waals surface area (Å²) in [4.78, 5) is 13.2. The van der Waals surface area contributed by atoms with E-state index in [9.17, 15) is 13.5 Å². The summed E-state index contributed by atoms with van der Waals surface area (Å²) in [7, 11) is -2.97. The number of anilines is 2. The fourth-order valence-corrected chi connectivity index (χ4v) is 6.05. The lowest BCUT2D eigenvalue weighted by molar-refractivity contribution is 0.442. The number of amidine groups is 1. The Balaban J connectivity index is 1.74. The van der Waals surface area contributed by atoms with Gasteiger partial charge in [-0.25, -0.2) is 14.4 Å². The number of thiazole rings is 1. The van der Waals surface area contributed by atoms with Gasteiger partial charge < -0.3 is 11.1 Å². The lowest BCUT2D eigenvalue weighted by Gasteiger charge is -2.43. The van der Waals surface area contributed by atoms with E-state index >= 15 is 0 Å². The predicted molar refractivity (Wildman–Crippen MR) is 113 cm³/mol. The van der Waals surface area contributed by atoms with Crippen LogP contribution in [0.25, 0.3) is 10.2 Å². The van der Waals surface area contributed by atoms with Crippen molar-refractivity contribution in [3.63, 3.8) is 0 Å². The third-order valence-corrected chi connectivity index (χ3v) is 7.22. The molecule has 3 heterocycles. The summed E-state index contributed by atoms with van der Waals surface area (Å²) in [6, 6.07) is 6.41. The Morgan fingerprint density at radius 1 is 1.32 bits per heavy atom. The highest BCUT2D eigenvalue weighted by Crippen LogP contribution is 2.49. The molecule has 0 saturated heterocycles. The minimum atomic E-state index is -2.97. The van der Waals surface area contributed by atoms with Gasteiger partial charge in [0.2, 0.25) is 0 Å². The SMILES string of the molecule is Cc1nc2c(Nc3ccc(F)c([C@]4(C)CS(O)(O)CC(N)=N4)c3)nccc2s1. The smallest absolute Gasteiger partial charge is 0.157 e. The van der Waals surface area contributed by atoms with E-state index in [1.807, 2.05) is 13.0 Å². The first-order valence-corrected chi connectivity index (χ1v) is 11.2. The van der Waals surface area contributed by atoms with Crippen molar-refractivity contribution in [1.82, 2.24) is 9.97 Å². The summed E-state index contributed by atoms with van der Waals surface area (Å²) >= 11 is 1.57. The standard InChI is InChI=1S/C18H20FN5O2S2/c1-10-22-16-14(27-10)5-6-21-17(16)23-11-3-4-13(19)12(7-11)18(2)9-28(25,26)8-15(20)24-18/h3-7,25-26H,8-9H2,1-2H3,(H2,20,24)(H,21,23)/t18-/m0/s1. The van der Waals surface area contributed by atoms with Gasteiger partial charge in [0.05, 0.1) is 21.2 Å². The van der Waals surface area contributed by atoms with Crippen LogP contribution in [0.4, 0.5) is 15.9 Å². The first-order valence-electron chi connectivity index (χ1n) is 8.52. The zero-order valence-electron chi connectivity index (χ0n) is 15.3. The molecule has 0 amide bonds. The number of aromatic nitrogens is 2. The van der Waals surface area contributed by atoms with Crippen LogP contribution in [0.15, 0.2) is 35.5 Å². The molecule has 0 saturated carbocycles. The maximum absolute atomic E-state index is 14.7. The number of halogens is 1. The number of rotatable bonds is 3. The number of nitrogens with two attached hydrogens (primary N) is 1. The molecule has 1 aliphatic heterocycles. The monoisotopic (exact) mass is 421 g/mol. The van der Waals surface area contributed by atoms with Gasteiger partial charge in [-0.2, -0.15) is 10.6 Å². The molecule has 0 radical (unpaired) electrons. The normalized spacial score (nSPS) is 22.7. The predicted octanol–water partition coefficient (Wildman–Crippen LogP) is 4.22. The number of benzene rings is 1. The van der Waals surface area contributed by atoms with Crippen LogP contribution in [0.3, 0.4) is 0 Å². The molecule has 0 spiro atoms. The Kier molecular flexibility index (Phi) is 4.53. The van der Waals surface area contributed by atoms with Crippen LogP contribution in [-0.4, -0.2) is 36.4 Å². The van der Waals surface area contributed by atoms with Gasteiger partial charge >= 0.3 is 0 Å². The van der Waals surface area contributed by atoms with Gasteiger partial charge in [-0.15, -0.1) is 11.3 Å². The largest absolute Gasteiger partial charge is 0.386 e. The molecule has 1 atom stereocenters. The Labute approximate surface area is 166 Å². The summed E-state index contributed by atoms with van der Waals surface area (Å²) in [5.41, 5.74) is 6.21. The average molecular weight is 422 g/mol. The van der Waals surface area contributed by atoms with Crippen LogP contribution in [0.5, 0.6) is 0 Å².